The molecule has 0 aliphatic rings. The van der Waals surface area contributed by atoms with Crippen LogP contribution < -0.4 is 10.4 Å². The van der Waals surface area contributed by atoms with Gasteiger partial charge in [-0.2, -0.15) is 0 Å². The molecule has 0 aliphatic carbocycles. The molecule has 0 unspecified atom stereocenters. The van der Waals surface area contributed by atoms with E-state index in [1.165, 1.54) is 23.8 Å². The van der Waals surface area contributed by atoms with Crippen molar-refractivity contribution in [1.82, 2.24) is 9.55 Å². The summed E-state index contributed by atoms with van der Waals surface area (Å²) in [4.78, 5) is 28.0. The normalized spacial score (nSPS) is 11.0. The average molecular weight is 412 g/mol. The van der Waals surface area contributed by atoms with E-state index in [2.05, 4.69) is 4.98 Å². The molecule has 154 valence electrons. The zero-order valence-corrected chi connectivity index (χ0v) is 16.8. The van der Waals surface area contributed by atoms with Crippen LogP contribution in [0.25, 0.3) is 23.0 Å². The number of imidazole rings is 1. The molecular weight excluding hydrogens is 392 g/mol. The van der Waals surface area contributed by atoms with Crippen LogP contribution in [0.2, 0.25) is 0 Å². The molecule has 0 radical (unpaired) electrons. The first-order valence-corrected chi connectivity index (χ1v) is 9.62. The second kappa shape index (κ2) is 8.59. The van der Waals surface area contributed by atoms with Gasteiger partial charge < -0.3 is 14.8 Å². The Bertz CT molecular complexity index is 1320. The van der Waals surface area contributed by atoms with E-state index < -0.39 is 0 Å². The van der Waals surface area contributed by atoms with Crippen molar-refractivity contribution >= 4 is 11.9 Å². The predicted molar refractivity (Wildman–Crippen MR) is 120 cm³/mol. The standard InChI is InChI=1S/C25H20N2O4/c1-31-24-14-17(11-13-23(24)29)10-12-22(28)19-8-5-9-20(15-19)27-16-21(26-25(27)30)18-6-3-2-4-7-18/h2-16,29H,1H3,(H,26,30). The second-order valence-electron chi connectivity index (χ2n) is 6.89. The molecule has 3 aromatic carbocycles. The Labute approximate surface area is 178 Å². The Morgan fingerprint density at radius 2 is 1.84 bits per heavy atom. The number of aromatic hydroxyl groups is 1. The van der Waals surface area contributed by atoms with Crippen LogP contribution >= 0.6 is 0 Å². The molecule has 1 heterocycles. The molecule has 6 nitrogen and oxygen atoms in total. The molecule has 6 heteroatoms. The predicted octanol–water partition coefficient (Wildman–Crippen LogP) is 4.44. The molecule has 2 N–H and O–H groups in total. The molecule has 0 spiro atoms. The van der Waals surface area contributed by atoms with Crippen molar-refractivity contribution in [3.05, 3.63) is 107 Å². The number of hydrogen-bond donors (Lipinski definition) is 2. The summed E-state index contributed by atoms with van der Waals surface area (Å²) in [7, 11) is 1.46. The third-order valence-corrected chi connectivity index (χ3v) is 4.84. The summed E-state index contributed by atoms with van der Waals surface area (Å²) in [6, 6.07) is 21.3. The van der Waals surface area contributed by atoms with Crippen molar-refractivity contribution in [1.29, 1.82) is 0 Å². The third-order valence-electron chi connectivity index (χ3n) is 4.84. The Balaban J connectivity index is 1.60. The summed E-state index contributed by atoms with van der Waals surface area (Å²) in [6.45, 7) is 0. The highest BCUT2D eigenvalue weighted by Crippen LogP contribution is 2.27. The molecule has 0 bridgehead atoms. The summed E-state index contributed by atoms with van der Waals surface area (Å²) >= 11 is 0. The number of aromatic amines is 1. The maximum Gasteiger partial charge on any atom is 0.330 e. The number of ketones is 1. The number of hydrogen-bond acceptors (Lipinski definition) is 4. The molecule has 4 aromatic rings. The van der Waals surface area contributed by atoms with Crippen LogP contribution in [0.1, 0.15) is 15.9 Å². The number of H-pyrrole nitrogens is 1. The zero-order valence-electron chi connectivity index (χ0n) is 16.8. The first-order chi connectivity index (χ1) is 15.0. The minimum Gasteiger partial charge on any atom is -0.504 e. The van der Waals surface area contributed by atoms with E-state index in [0.717, 1.165) is 5.56 Å². The second-order valence-corrected chi connectivity index (χ2v) is 6.89. The Hall–Kier alpha value is -4.32. The van der Waals surface area contributed by atoms with E-state index in [1.807, 2.05) is 30.3 Å². The van der Waals surface area contributed by atoms with Gasteiger partial charge in [0.15, 0.2) is 17.3 Å². The molecule has 0 amide bonds. The molecule has 0 atom stereocenters. The number of phenolic OH excluding ortho intramolecular Hbond substituents is 1. The van der Waals surface area contributed by atoms with Crippen LogP contribution in [-0.4, -0.2) is 27.6 Å². The van der Waals surface area contributed by atoms with E-state index >= 15 is 0 Å². The summed E-state index contributed by atoms with van der Waals surface area (Å²) in [6.07, 6.45) is 4.81. The molecule has 0 fully saturated rings. The van der Waals surface area contributed by atoms with E-state index in [0.29, 0.717) is 28.3 Å². The van der Waals surface area contributed by atoms with Crippen molar-refractivity contribution in [2.24, 2.45) is 0 Å². The van der Waals surface area contributed by atoms with Gasteiger partial charge in [-0.05, 0) is 41.5 Å². The van der Waals surface area contributed by atoms with Crippen molar-refractivity contribution in [2.45, 2.75) is 0 Å². The monoisotopic (exact) mass is 412 g/mol. The third kappa shape index (κ3) is 4.33. The fraction of sp³-hybridized carbons (Fsp3) is 0.0400. The van der Waals surface area contributed by atoms with Gasteiger partial charge in [0.2, 0.25) is 0 Å². The first kappa shape index (κ1) is 20.0. The Morgan fingerprint density at radius 3 is 2.61 bits per heavy atom. The maximum absolute atomic E-state index is 12.7. The molecule has 31 heavy (non-hydrogen) atoms. The number of carbonyl (C=O) groups excluding carboxylic acids is 1. The lowest BCUT2D eigenvalue weighted by Crippen LogP contribution is -2.14. The SMILES string of the molecule is COc1cc(C=CC(=O)c2cccc(-n3cc(-c4ccccc4)[nH]c3=O)c2)ccc1O. The topological polar surface area (TPSA) is 84.3 Å². The van der Waals surface area contributed by atoms with Gasteiger partial charge in [0, 0.05) is 11.8 Å². The number of rotatable bonds is 6. The molecule has 0 saturated carbocycles. The highest BCUT2D eigenvalue weighted by molar-refractivity contribution is 6.07. The van der Waals surface area contributed by atoms with Gasteiger partial charge in [-0.15, -0.1) is 0 Å². The number of aromatic nitrogens is 2. The smallest absolute Gasteiger partial charge is 0.330 e. The summed E-state index contributed by atoms with van der Waals surface area (Å²) < 4.78 is 6.56. The van der Waals surface area contributed by atoms with E-state index in [1.54, 1.807) is 48.7 Å². The van der Waals surface area contributed by atoms with E-state index in [4.69, 9.17) is 4.74 Å². The van der Waals surface area contributed by atoms with Gasteiger partial charge in [0.05, 0.1) is 18.5 Å². The number of methoxy groups -OCH3 is 1. The fourth-order valence-corrected chi connectivity index (χ4v) is 3.23. The number of allylic oxidation sites excluding steroid dienone is 1. The van der Waals surface area contributed by atoms with Crippen LogP contribution in [0.5, 0.6) is 11.5 Å². The highest BCUT2D eigenvalue weighted by Gasteiger charge is 2.09. The summed E-state index contributed by atoms with van der Waals surface area (Å²) in [5.74, 6) is 0.156. The minimum atomic E-state index is -0.282. The minimum absolute atomic E-state index is 0.0329. The summed E-state index contributed by atoms with van der Waals surface area (Å²) in [5.41, 5.74) is 3.08. The Kier molecular flexibility index (Phi) is 5.53. The number of ether oxygens (including phenoxy) is 1. The van der Waals surface area contributed by atoms with Crippen LogP contribution in [0, 0.1) is 0 Å². The number of nitrogens with one attached hydrogen (secondary N) is 1. The lowest BCUT2D eigenvalue weighted by molar-refractivity contribution is 0.104. The average Bonchev–Trinajstić information content (AvgIpc) is 3.20. The van der Waals surface area contributed by atoms with Crippen molar-refractivity contribution in [3.63, 3.8) is 0 Å². The van der Waals surface area contributed by atoms with Gasteiger partial charge in [-0.25, -0.2) is 4.79 Å². The molecule has 0 saturated heterocycles. The van der Waals surface area contributed by atoms with Gasteiger partial charge in [-0.3, -0.25) is 9.36 Å². The van der Waals surface area contributed by atoms with Crippen molar-refractivity contribution in [2.75, 3.05) is 7.11 Å². The van der Waals surface area contributed by atoms with E-state index in [9.17, 15) is 14.7 Å². The number of benzene rings is 3. The lowest BCUT2D eigenvalue weighted by atomic mass is 10.1. The van der Waals surface area contributed by atoms with E-state index in [-0.39, 0.29) is 17.2 Å². The zero-order chi connectivity index (χ0) is 21.8. The van der Waals surface area contributed by atoms with Crippen LogP contribution in [-0.2, 0) is 0 Å². The number of carbonyl (C=O) groups is 1. The Morgan fingerprint density at radius 1 is 1.03 bits per heavy atom. The van der Waals surface area contributed by atoms with Crippen molar-refractivity contribution < 1.29 is 14.6 Å². The van der Waals surface area contributed by atoms with Gasteiger partial charge >= 0.3 is 5.69 Å². The molecule has 0 aliphatic heterocycles. The van der Waals surface area contributed by atoms with Gasteiger partial charge in [0.1, 0.15) is 0 Å². The van der Waals surface area contributed by atoms with Gasteiger partial charge in [0.25, 0.3) is 0 Å². The number of phenols is 1. The fourth-order valence-electron chi connectivity index (χ4n) is 3.23. The first-order valence-electron chi connectivity index (χ1n) is 9.62. The molecular formula is C25H20N2O4. The molecule has 1 aromatic heterocycles. The van der Waals surface area contributed by atoms with Gasteiger partial charge in [-0.1, -0.05) is 54.6 Å². The summed E-state index contributed by atoms with van der Waals surface area (Å²) in [5, 5.41) is 9.68. The van der Waals surface area contributed by atoms with Crippen LogP contribution in [0.4, 0.5) is 0 Å². The largest absolute Gasteiger partial charge is 0.504 e. The quantitative estimate of drug-likeness (QED) is 0.362. The lowest BCUT2D eigenvalue weighted by Gasteiger charge is -2.04. The number of nitrogens with zero attached hydrogens (tertiary/aromatic N) is 1. The highest BCUT2D eigenvalue weighted by atomic mass is 16.5. The van der Waals surface area contributed by atoms with Crippen LogP contribution in [0.3, 0.4) is 0 Å². The van der Waals surface area contributed by atoms with Crippen molar-refractivity contribution in [3.8, 4) is 28.4 Å². The molecule has 4 rings (SSSR count). The maximum atomic E-state index is 12.7. The van der Waals surface area contributed by atoms with Crippen LogP contribution in [0.15, 0.2) is 89.9 Å².